The number of amides is 1. The first-order valence-corrected chi connectivity index (χ1v) is 9.73. The second-order valence-corrected chi connectivity index (χ2v) is 7.17. The lowest BCUT2D eigenvalue weighted by atomic mass is 10.1. The molecule has 1 aromatic heterocycles. The molecule has 0 radical (unpaired) electrons. The Kier molecular flexibility index (Phi) is 7.04. The van der Waals surface area contributed by atoms with Crippen LogP contribution in [-0.4, -0.2) is 69.9 Å². The summed E-state index contributed by atoms with van der Waals surface area (Å²) in [5, 5.41) is 9.41. The Hall–Kier alpha value is -3.75. The first-order chi connectivity index (χ1) is 15.9. The molecule has 4 unspecified atom stereocenters. The predicted molar refractivity (Wildman–Crippen MR) is 104 cm³/mol. The fraction of sp³-hybridized carbons (Fsp3) is 0.474. The SMILES string of the molecule is CC(=O)OCC1OC(n2nnc3c(NC(=O)C(F)(F)F)cccc32)C(OC(C)=O)C1OC(C)=O. The van der Waals surface area contributed by atoms with Gasteiger partial charge in [-0.15, -0.1) is 5.10 Å². The minimum Gasteiger partial charge on any atom is -0.463 e. The molecule has 1 fully saturated rings. The maximum atomic E-state index is 12.7. The van der Waals surface area contributed by atoms with Crippen LogP contribution in [-0.2, 0) is 38.1 Å². The number of carbonyl (C=O) groups is 4. The number of ether oxygens (including phenoxy) is 4. The number of nitrogens with zero attached hydrogens (tertiary/aromatic N) is 3. The molecular weight excluding hydrogens is 469 g/mol. The first-order valence-electron chi connectivity index (χ1n) is 9.73. The fourth-order valence-electron chi connectivity index (χ4n) is 3.33. The lowest BCUT2D eigenvalue weighted by Crippen LogP contribution is -2.40. The van der Waals surface area contributed by atoms with Gasteiger partial charge in [0.05, 0.1) is 11.2 Å². The lowest BCUT2D eigenvalue weighted by molar-refractivity contribution is -0.167. The number of rotatable bonds is 6. The number of nitrogens with one attached hydrogen (secondary N) is 1. The van der Waals surface area contributed by atoms with Crippen molar-refractivity contribution in [1.82, 2.24) is 15.0 Å². The number of anilines is 1. The molecule has 1 amide bonds. The van der Waals surface area contributed by atoms with E-state index in [1.807, 2.05) is 0 Å². The van der Waals surface area contributed by atoms with E-state index in [2.05, 4.69) is 10.3 Å². The highest BCUT2D eigenvalue weighted by molar-refractivity contribution is 6.01. The number of benzene rings is 1. The van der Waals surface area contributed by atoms with Crippen molar-refractivity contribution in [3.63, 3.8) is 0 Å². The standard InChI is InChI=1S/C19H19F3N4O8/c1-8(27)31-7-13-15(32-9(2)28)16(33-10(3)29)17(34-13)26-12-6-4-5-11(14(12)24-25-26)23-18(30)19(20,21)22/h4-6,13,15-17H,7H2,1-3H3,(H,23,30). The van der Waals surface area contributed by atoms with E-state index in [0.717, 1.165) is 25.5 Å². The van der Waals surface area contributed by atoms with Crippen molar-refractivity contribution in [3.05, 3.63) is 18.2 Å². The second-order valence-electron chi connectivity index (χ2n) is 7.17. The van der Waals surface area contributed by atoms with Gasteiger partial charge in [-0.3, -0.25) is 19.2 Å². The van der Waals surface area contributed by atoms with Gasteiger partial charge in [0, 0.05) is 20.8 Å². The highest BCUT2D eigenvalue weighted by Crippen LogP contribution is 2.36. The number of halogens is 3. The quantitative estimate of drug-likeness (QED) is 0.465. The van der Waals surface area contributed by atoms with Crippen LogP contribution >= 0.6 is 0 Å². The zero-order valence-corrected chi connectivity index (χ0v) is 18.0. The van der Waals surface area contributed by atoms with Crippen LogP contribution in [0.1, 0.15) is 27.0 Å². The van der Waals surface area contributed by atoms with E-state index in [1.54, 1.807) is 5.32 Å². The Bertz CT molecular complexity index is 1120. The number of carbonyl (C=O) groups excluding carboxylic acids is 4. The smallest absolute Gasteiger partial charge is 0.463 e. The second kappa shape index (κ2) is 9.62. The molecule has 0 aliphatic carbocycles. The Morgan fingerprint density at radius 2 is 1.71 bits per heavy atom. The van der Waals surface area contributed by atoms with E-state index in [0.29, 0.717) is 0 Å². The summed E-state index contributed by atoms with van der Waals surface area (Å²) in [6.45, 7) is 3.01. The van der Waals surface area contributed by atoms with Crippen LogP contribution in [0.5, 0.6) is 0 Å². The molecule has 1 aliphatic heterocycles. The maximum Gasteiger partial charge on any atom is 0.471 e. The largest absolute Gasteiger partial charge is 0.471 e. The molecule has 0 bridgehead atoms. The molecule has 2 aromatic rings. The van der Waals surface area contributed by atoms with Crippen LogP contribution in [0, 0.1) is 0 Å². The normalized spacial score (nSPS) is 22.3. The van der Waals surface area contributed by atoms with E-state index in [4.69, 9.17) is 18.9 Å². The topological polar surface area (TPSA) is 148 Å². The summed E-state index contributed by atoms with van der Waals surface area (Å²) in [6.07, 6.45) is -9.96. The van der Waals surface area contributed by atoms with Gasteiger partial charge in [-0.2, -0.15) is 13.2 Å². The molecule has 3 rings (SSSR count). The molecule has 2 heterocycles. The van der Waals surface area contributed by atoms with Crippen LogP contribution in [0.4, 0.5) is 18.9 Å². The number of esters is 3. The van der Waals surface area contributed by atoms with E-state index in [1.165, 1.54) is 18.2 Å². The number of hydrogen-bond donors (Lipinski definition) is 1. The number of aromatic nitrogens is 3. The van der Waals surface area contributed by atoms with E-state index in [-0.39, 0.29) is 23.3 Å². The van der Waals surface area contributed by atoms with Gasteiger partial charge in [0.25, 0.3) is 0 Å². The molecule has 0 saturated carbocycles. The first kappa shape index (κ1) is 24.9. The third kappa shape index (κ3) is 5.41. The summed E-state index contributed by atoms with van der Waals surface area (Å²) in [5.41, 5.74) is -0.282. The third-order valence-electron chi connectivity index (χ3n) is 4.59. The van der Waals surface area contributed by atoms with Gasteiger partial charge in [-0.25, -0.2) is 4.68 Å². The average Bonchev–Trinajstić information content (AvgIpc) is 3.27. The van der Waals surface area contributed by atoms with Gasteiger partial charge in [0.15, 0.2) is 18.4 Å². The Morgan fingerprint density at radius 3 is 2.29 bits per heavy atom. The molecule has 184 valence electrons. The zero-order valence-electron chi connectivity index (χ0n) is 18.0. The van der Waals surface area contributed by atoms with Gasteiger partial charge < -0.3 is 24.3 Å². The molecular formula is C19H19F3N4O8. The number of hydrogen-bond acceptors (Lipinski definition) is 10. The van der Waals surface area contributed by atoms with E-state index in [9.17, 15) is 32.3 Å². The molecule has 15 heteroatoms. The van der Waals surface area contributed by atoms with Crippen LogP contribution in [0.3, 0.4) is 0 Å². The van der Waals surface area contributed by atoms with Crippen LogP contribution < -0.4 is 5.32 Å². The van der Waals surface area contributed by atoms with Gasteiger partial charge in [-0.05, 0) is 12.1 Å². The summed E-state index contributed by atoms with van der Waals surface area (Å²) in [5.74, 6) is -4.35. The highest BCUT2D eigenvalue weighted by Gasteiger charge is 2.51. The fourth-order valence-corrected chi connectivity index (χ4v) is 3.33. The van der Waals surface area contributed by atoms with Crippen molar-refractivity contribution in [2.24, 2.45) is 0 Å². The van der Waals surface area contributed by atoms with Crippen molar-refractivity contribution in [3.8, 4) is 0 Å². The Balaban J connectivity index is 2.01. The zero-order chi connectivity index (χ0) is 25.2. The third-order valence-corrected chi connectivity index (χ3v) is 4.59. The molecule has 34 heavy (non-hydrogen) atoms. The van der Waals surface area contributed by atoms with Crippen molar-refractivity contribution in [2.75, 3.05) is 11.9 Å². The minimum atomic E-state index is -5.13. The monoisotopic (exact) mass is 488 g/mol. The Labute approximate surface area is 189 Å². The van der Waals surface area contributed by atoms with Gasteiger partial charge >= 0.3 is 30.0 Å². The summed E-state index contributed by atoms with van der Waals surface area (Å²) < 4.78 is 60.4. The highest BCUT2D eigenvalue weighted by atomic mass is 19.4. The van der Waals surface area contributed by atoms with Crippen molar-refractivity contribution in [1.29, 1.82) is 0 Å². The summed E-state index contributed by atoms with van der Waals surface area (Å²) in [7, 11) is 0. The van der Waals surface area contributed by atoms with Gasteiger partial charge in [0.1, 0.15) is 18.2 Å². The number of fused-ring (bicyclic) bond motifs is 1. The minimum absolute atomic E-state index is 0.108. The lowest BCUT2D eigenvalue weighted by Gasteiger charge is -2.23. The maximum absolute atomic E-state index is 12.7. The molecule has 12 nitrogen and oxygen atoms in total. The number of alkyl halides is 3. The summed E-state index contributed by atoms with van der Waals surface area (Å²) >= 11 is 0. The van der Waals surface area contributed by atoms with Crippen LogP contribution in [0.15, 0.2) is 18.2 Å². The molecule has 1 saturated heterocycles. The summed E-state index contributed by atoms with van der Waals surface area (Å²) in [4.78, 5) is 46.0. The Morgan fingerprint density at radius 1 is 1.06 bits per heavy atom. The molecule has 1 aliphatic rings. The molecule has 4 atom stereocenters. The molecule has 0 spiro atoms. The van der Waals surface area contributed by atoms with Crippen molar-refractivity contribution in [2.45, 2.75) is 51.5 Å². The van der Waals surface area contributed by atoms with Gasteiger partial charge in [-0.1, -0.05) is 11.3 Å². The van der Waals surface area contributed by atoms with Crippen LogP contribution in [0.25, 0.3) is 11.0 Å². The van der Waals surface area contributed by atoms with E-state index >= 15 is 0 Å². The van der Waals surface area contributed by atoms with Crippen LogP contribution in [0.2, 0.25) is 0 Å². The molecule has 1 aromatic carbocycles. The average molecular weight is 488 g/mol. The van der Waals surface area contributed by atoms with Gasteiger partial charge in [0.2, 0.25) is 0 Å². The van der Waals surface area contributed by atoms with Crippen molar-refractivity contribution >= 4 is 40.5 Å². The van der Waals surface area contributed by atoms with E-state index < -0.39 is 54.5 Å². The predicted octanol–water partition coefficient (Wildman–Crippen LogP) is 1.26. The summed E-state index contributed by atoms with van der Waals surface area (Å²) in [6, 6.07) is 3.95. The van der Waals surface area contributed by atoms with Crippen molar-refractivity contribution < 1.29 is 51.3 Å². The molecule has 1 N–H and O–H groups in total.